The highest BCUT2D eigenvalue weighted by atomic mass is 16.5. The number of hydrogen-bond donors (Lipinski definition) is 2. The highest BCUT2D eigenvalue weighted by molar-refractivity contribution is 5.82. The number of likely N-dealkylation sites (tertiary alicyclic amines) is 1. The molecule has 2 aliphatic heterocycles. The number of carboxylic acids is 1. The molecule has 6 heteroatoms. The number of hydrogen-bond acceptors (Lipinski definition) is 4. The summed E-state index contributed by atoms with van der Waals surface area (Å²) in [6, 6.07) is 0.163. The fraction of sp³-hybridized carbons (Fsp3) is 0.846. The summed E-state index contributed by atoms with van der Waals surface area (Å²) >= 11 is 0. The first-order chi connectivity index (χ1) is 8.97. The number of nitrogens with zero attached hydrogens (tertiary/aromatic N) is 1. The van der Waals surface area contributed by atoms with E-state index in [9.17, 15) is 9.59 Å². The van der Waals surface area contributed by atoms with Crippen LogP contribution in [-0.2, 0) is 14.3 Å². The van der Waals surface area contributed by atoms with Gasteiger partial charge in [0.25, 0.3) is 0 Å². The molecule has 0 bridgehead atoms. The van der Waals surface area contributed by atoms with E-state index in [1.165, 1.54) is 0 Å². The lowest BCUT2D eigenvalue weighted by Crippen LogP contribution is -2.51. The number of rotatable bonds is 3. The molecular formula is C13H22N2O4. The van der Waals surface area contributed by atoms with Crippen LogP contribution in [0.4, 0.5) is 0 Å². The van der Waals surface area contributed by atoms with Gasteiger partial charge in [-0.25, -0.2) is 4.79 Å². The molecule has 2 rings (SSSR count). The molecule has 0 aromatic heterocycles. The van der Waals surface area contributed by atoms with Crippen LogP contribution < -0.4 is 5.32 Å². The Morgan fingerprint density at radius 3 is 2.53 bits per heavy atom. The average molecular weight is 270 g/mol. The third-order valence-corrected chi connectivity index (χ3v) is 4.02. The summed E-state index contributed by atoms with van der Waals surface area (Å²) in [5.74, 6) is -0.743. The maximum absolute atomic E-state index is 12.1. The van der Waals surface area contributed by atoms with Gasteiger partial charge in [-0.05, 0) is 38.8 Å². The maximum atomic E-state index is 12.1. The standard InChI is InChI=1S/C13H22N2O4/c1-8-7-15(2)6-5-9(8)14-12(16)10-3-4-11(19-10)13(17)18/h8-11H,3-7H2,1-2H3,(H,14,16)(H,17,18). The van der Waals surface area contributed by atoms with E-state index in [0.717, 1.165) is 19.5 Å². The van der Waals surface area contributed by atoms with Crippen molar-refractivity contribution in [3.63, 3.8) is 0 Å². The lowest BCUT2D eigenvalue weighted by atomic mass is 9.94. The quantitative estimate of drug-likeness (QED) is 0.759. The molecule has 0 aliphatic carbocycles. The molecule has 0 radical (unpaired) electrons. The van der Waals surface area contributed by atoms with Crippen LogP contribution in [0.25, 0.3) is 0 Å². The van der Waals surface area contributed by atoms with Crippen LogP contribution in [0.2, 0.25) is 0 Å². The summed E-state index contributed by atoms with van der Waals surface area (Å²) in [6.45, 7) is 4.06. The van der Waals surface area contributed by atoms with Crippen LogP contribution in [0.15, 0.2) is 0 Å². The molecule has 0 aromatic rings. The third kappa shape index (κ3) is 3.45. The van der Waals surface area contributed by atoms with Crippen molar-refractivity contribution in [2.24, 2.45) is 5.92 Å². The molecule has 0 spiro atoms. The number of carboxylic acid groups (broad SMARTS) is 1. The SMILES string of the molecule is CC1CN(C)CCC1NC(=O)C1CCC(C(=O)O)O1. The molecule has 2 heterocycles. The predicted molar refractivity (Wildman–Crippen MR) is 68.7 cm³/mol. The summed E-state index contributed by atoms with van der Waals surface area (Å²) in [6.07, 6.45) is 0.400. The van der Waals surface area contributed by atoms with Gasteiger partial charge in [0.1, 0.15) is 6.10 Å². The first-order valence-electron chi connectivity index (χ1n) is 6.84. The molecule has 108 valence electrons. The highest BCUT2D eigenvalue weighted by Gasteiger charge is 2.36. The van der Waals surface area contributed by atoms with Crippen molar-refractivity contribution in [1.82, 2.24) is 10.2 Å². The maximum Gasteiger partial charge on any atom is 0.332 e. The summed E-state index contributed by atoms with van der Waals surface area (Å²) in [5.41, 5.74) is 0. The summed E-state index contributed by atoms with van der Waals surface area (Å²) < 4.78 is 5.26. The van der Waals surface area contributed by atoms with Crippen molar-refractivity contribution in [2.45, 2.75) is 44.4 Å². The van der Waals surface area contributed by atoms with Crippen LogP contribution in [0.1, 0.15) is 26.2 Å². The highest BCUT2D eigenvalue weighted by Crippen LogP contribution is 2.21. The number of aliphatic carboxylic acids is 1. The molecule has 2 N–H and O–H groups in total. The molecule has 4 unspecified atom stereocenters. The average Bonchev–Trinajstić information content (AvgIpc) is 2.82. The molecule has 4 atom stereocenters. The summed E-state index contributed by atoms with van der Waals surface area (Å²) in [7, 11) is 2.08. The van der Waals surface area contributed by atoms with Gasteiger partial charge in [0.2, 0.25) is 5.91 Å². The van der Waals surface area contributed by atoms with E-state index in [1.807, 2.05) is 0 Å². The number of piperidine rings is 1. The van der Waals surface area contributed by atoms with Gasteiger partial charge in [-0.1, -0.05) is 6.92 Å². The van der Waals surface area contributed by atoms with E-state index in [1.54, 1.807) is 0 Å². The summed E-state index contributed by atoms with van der Waals surface area (Å²) in [5, 5.41) is 11.9. The minimum absolute atomic E-state index is 0.162. The Kier molecular flexibility index (Phi) is 4.42. The van der Waals surface area contributed by atoms with E-state index in [2.05, 4.69) is 24.2 Å². The van der Waals surface area contributed by atoms with Crippen molar-refractivity contribution in [3.05, 3.63) is 0 Å². The van der Waals surface area contributed by atoms with Gasteiger partial charge in [0.15, 0.2) is 6.10 Å². The second kappa shape index (κ2) is 5.88. The van der Waals surface area contributed by atoms with E-state index in [-0.39, 0.29) is 11.9 Å². The minimum Gasteiger partial charge on any atom is -0.479 e. The van der Waals surface area contributed by atoms with Crippen molar-refractivity contribution in [1.29, 1.82) is 0 Å². The molecule has 6 nitrogen and oxygen atoms in total. The molecule has 1 amide bonds. The van der Waals surface area contributed by atoms with Gasteiger partial charge < -0.3 is 20.1 Å². The van der Waals surface area contributed by atoms with Gasteiger partial charge in [-0.3, -0.25) is 4.79 Å². The Balaban J connectivity index is 1.83. The fourth-order valence-electron chi connectivity index (χ4n) is 2.86. The van der Waals surface area contributed by atoms with Crippen molar-refractivity contribution >= 4 is 11.9 Å². The van der Waals surface area contributed by atoms with Gasteiger partial charge in [-0.15, -0.1) is 0 Å². The zero-order chi connectivity index (χ0) is 14.0. The molecule has 0 saturated carbocycles. The van der Waals surface area contributed by atoms with Crippen molar-refractivity contribution < 1.29 is 19.4 Å². The minimum atomic E-state index is -0.983. The first kappa shape index (κ1) is 14.3. The van der Waals surface area contributed by atoms with Gasteiger partial charge >= 0.3 is 5.97 Å². The summed E-state index contributed by atoms with van der Waals surface area (Å²) in [4.78, 5) is 25.1. The van der Waals surface area contributed by atoms with Crippen molar-refractivity contribution in [2.75, 3.05) is 20.1 Å². The number of carbonyl (C=O) groups excluding carboxylic acids is 1. The normalized spacial score (nSPS) is 36.1. The number of amides is 1. The second-order valence-corrected chi connectivity index (χ2v) is 5.67. The third-order valence-electron chi connectivity index (χ3n) is 4.02. The first-order valence-corrected chi connectivity index (χ1v) is 6.84. The van der Waals surface area contributed by atoms with Gasteiger partial charge in [0, 0.05) is 12.6 Å². The van der Waals surface area contributed by atoms with Crippen LogP contribution in [-0.4, -0.2) is 60.3 Å². The van der Waals surface area contributed by atoms with E-state index in [4.69, 9.17) is 9.84 Å². The zero-order valence-electron chi connectivity index (χ0n) is 11.5. The van der Waals surface area contributed by atoms with Gasteiger partial charge in [0.05, 0.1) is 0 Å². The lowest BCUT2D eigenvalue weighted by molar-refractivity contribution is -0.152. The Hall–Kier alpha value is -1.14. The van der Waals surface area contributed by atoms with E-state index in [0.29, 0.717) is 18.8 Å². The molecule has 2 saturated heterocycles. The largest absolute Gasteiger partial charge is 0.479 e. The smallest absolute Gasteiger partial charge is 0.332 e. The van der Waals surface area contributed by atoms with Crippen molar-refractivity contribution in [3.8, 4) is 0 Å². The Labute approximate surface area is 113 Å². The Morgan fingerprint density at radius 1 is 1.26 bits per heavy atom. The van der Waals surface area contributed by atoms with E-state index >= 15 is 0 Å². The fourth-order valence-corrected chi connectivity index (χ4v) is 2.86. The molecule has 0 aromatic carbocycles. The monoisotopic (exact) mass is 270 g/mol. The van der Waals surface area contributed by atoms with E-state index < -0.39 is 18.2 Å². The molecule has 2 fully saturated rings. The predicted octanol–water partition coefficient (Wildman–Crippen LogP) is 0.0750. The zero-order valence-corrected chi connectivity index (χ0v) is 11.5. The van der Waals surface area contributed by atoms with Gasteiger partial charge in [-0.2, -0.15) is 0 Å². The Bertz CT molecular complexity index is 361. The Morgan fingerprint density at radius 2 is 1.95 bits per heavy atom. The number of ether oxygens (including phenoxy) is 1. The van der Waals surface area contributed by atoms with Crippen LogP contribution >= 0.6 is 0 Å². The molecular weight excluding hydrogens is 248 g/mol. The molecule has 19 heavy (non-hydrogen) atoms. The second-order valence-electron chi connectivity index (χ2n) is 5.67. The number of nitrogens with one attached hydrogen (secondary N) is 1. The van der Waals surface area contributed by atoms with Crippen LogP contribution in [0.3, 0.4) is 0 Å². The lowest BCUT2D eigenvalue weighted by Gasteiger charge is -2.35. The number of carbonyl (C=O) groups is 2. The van der Waals surface area contributed by atoms with Crippen LogP contribution in [0.5, 0.6) is 0 Å². The topological polar surface area (TPSA) is 78.9 Å². The molecule has 2 aliphatic rings. The van der Waals surface area contributed by atoms with Crippen LogP contribution in [0, 0.1) is 5.92 Å².